The zero-order chi connectivity index (χ0) is 18.3. The first-order chi connectivity index (χ1) is 11.8. The van der Waals surface area contributed by atoms with E-state index < -0.39 is 17.9 Å². The third kappa shape index (κ3) is 3.29. The van der Waals surface area contributed by atoms with Crippen LogP contribution in [-0.2, 0) is 4.74 Å². The summed E-state index contributed by atoms with van der Waals surface area (Å²) in [4.78, 5) is 33.0. The number of carbonyl (C=O) groups excluding carboxylic acids is 1. The molecule has 2 aromatic heterocycles. The second kappa shape index (κ2) is 6.57. The Hall–Kier alpha value is -2.25. The Morgan fingerprint density at radius 3 is 2.80 bits per heavy atom. The fourth-order valence-corrected chi connectivity index (χ4v) is 3.59. The number of nitrogens with zero attached hydrogens (tertiary/aromatic N) is 1. The fraction of sp³-hybridized carbons (Fsp3) is 0.235. The smallest absolute Gasteiger partial charge is 0.341 e. The maximum atomic E-state index is 13.8. The van der Waals surface area contributed by atoms with Gasteiger partial charge in [0.2, 0.25) is 0 Å². The number of benzene rings is 1. The summed E-state index contributed by atoms with van der Waals surface area (Å²) in [5.74, 6) is -1.42. The predicted molar refractivity (Wildman–Crippen MR) is 95.0 cm³/mol. The molecule has 5 nitrogen and oxygen atoms in total. The minimum Gasteiger partial charge on any atom is -0.451 e. The molecule has 130 valence electrons. The van der Waals surface area contributed by atoms with Crippen molar-refractivity contribution in [3.8, 4) is 0 Å². The molecular formula is C17H14ClFN2O3S. The maximum Gasteiger partial charge on any atom is 0.341 e. The Balaban J connectivity index is 1.90. The Morgan fingerprint density at radius 2 is 2.12 bits per heavy atom. The van der Waals surface area contributed by atoms with Crippen molar-refractivity contribution in [2.45, 2.75) is 26.9 Å². The summed E-state index contributed by atoms with van der Waals surface area (Å²) in [5.41, 5.74) is 0.359. The van der Waals surface area contributed by atoms with Crippen LogP contribution in [0.25, 0.3) is 10.2 Å². The maximum absolute atomic E-state index is 13.8. The van der Waals surface area contributed by atoms with Gasteiger partial charge in [0.25, 0.3) is 5.56 Å². The van der Waals surface area contributed by atoms with Crippen LogP contribution in [0.3, 0.4) is 0 Å². The minimum absolute atomic E-state index is 0.182. The second-order valence-electron chi connectivity index (χ2n) is 5.59. The van der Waals surface area contributed by atoms with E-state index in [1.165, 1.54) is 23.5 Å². The molecule has 1 atom stereocenters. The van der Waals surface area contributed by atoms with E-state index in [1.807, 2.05) is 13.8 Å². The Kier molecular flexibility index (Phi) is 4.62. The number of H-pyrrole nitrogens is 1. The fourth-order valence-electron chi connectivity index (χ4n) is 2.40. The van der Waals surface area contributed by atoms with Gasteiger partial charge in [0, 0.05) is 9.90 Å². The molecule has 0 saturated heterocycles. The van der Waals surface area contributed by atoms with Crippen molar-refractivity contribution in [1.29, 1.82) is 0 Å². The normalized spacial score (nSPS) is 12.4. The summed E-state index contributed by atoms with van der Waals surface area (Å²) in [7, 11) is 0. The summed E-state index contributed by atoms with van der Waals surface area (Å²) in [6.07, 6.45) is -0.845. The average Bonchev–Trinajstić information content (AvgIpc) is 2.82. The molecule has 0 radical (unpaired) electrons. The highest BCUT2D eigenvalue weighted by molar-refractivity contribution is 7.18. The zero-order valence-electron chi connectivity index (χ0n) is 13.6. The number of thiophene rings is 1. The predicted octanol–water partition coefficient (Wildman–Crippen LogP) is 4.31. The van der Waals surface area contributed by atoms with Gasteiger partial charge in [0.15, 0.2) is 11.9 Å². The number of aryl methyl sites for hydroxylation is 2. The first-order valence-electron chi connectivity index (χ1n) is 7.44. The van der Waals surface area contributed by atoms with Gasteiger partial charge < -0.3 is 9.72 Å². The van der Waals surface area contributed by atoms with Gasteiger partial charge in [-0.25, -0.2) is 14.2 Å². The largest absolute Gasteiger partial charge is 0.451 e. The first kappa shape index (κ1) is 17.6. The van der Waals surface area contributed by atoms with Gasteiger partial charge in [-0.3, -0.25) is 4.79 Å². The van der Waals surface area contributed by atoms with Crippen molar-refractivity contribution in [2.75, 3.05) is 0 Å². The quantitative estimate of drug-likeness (QED) is 0.687. The van der Waals surface area contributed by atoms with Crippen molar-refractivity contribution >= 4 is 39.1 Å². The van der Waals surface area contributed by atoms with Crippen LogP contribution in [0.15, 0.2) is 23.0 Å². The summed E-state index contributed by atoms with van der Waals surface area (Å²) < 4.78 is 19.1. The summed E-state index contributed by atoms with van der Waals surface area (Å²) in [5, 5.41) is 0.718. The molecule has 0 bridgehead atoms. The lowest BCUT2D eigenvalue weighted by molar-refractivity contribution is 0.0315. The molecule has 1 aromatic carbocycles. The number of carbonyl (C=O) groups is 1. The van der Waals surface area contributed by atoms with Crippen LogP contribution < -0.4 is 5.56 Å². The van der Waals surface area contributed by atoms with Gasteiger partial charge in [-0.1, -0.05) is 11.6 Å². The van der Waals surface area contributed by atoms with E-state index in [0.29, 0.717) is 10.2 Å². The molecule has 0 spiro atoms. The number of ether oxygens (including phenoxy) is 1. The number of esters is 1. The standard InChI is InChI=1S/C17H14ClFN2O3S/c1-7-9(3)25-16-13(7)15(22)20-14(21-16)8(2)24-17(23)11-5-4-10(18)6-12(11)19/h4-6,8H,1-3H3,(H,20,21,22)/t8-/m1/s1. The monoisotopic (exact) mass is 380 g/mol. The lowest BCUT2D eigenvalue weighted by Crippen LogP contribution is -2.17. The number of halogens is 2. The number of aromatic amines is 1. The molecule has 0 saturated carbocycles. The Labute approximate surface area is 151 Å². The summed E-state index contributed by atoms with van der Waals surface area (Å²) in [6, 6.07) is 3.68. The van der Waals surface area contributed by atoms with Crippen LogP contribution in [0.5, 0.6) is 0 Å². The molecule has 0 aliphatic heterocycles. The van der Waals surface area contributed by atoms with E-state index in [4.69, 9.17) is 16.3 Å². The first-order valence-corrected chi connectivity index (χ1v) is 8.63. The molecule has 0 aliphatic carbocycles. The molecule has 0 aliphatic rings. The van der Waals surface area contributed by atoms with E-state index in [9.17, 15) is 14.0 Å². The number of nitrogens with one attached hydrogen (secondary N) is 1. The van der Waals surface area contributed by atoms with Crippen molar-refractivity contribution in [1.82, 2.24) is 9.97 Å². The van der Waals surface area contributed by atoms with Crippen molar-refractivity contribution in [2.24, 2.45) is 0 Å². The third-order valence-corrected chi connectivity index (χ3v) is 5.21. The van der Waals surface area contributed by atoms with E-state index in [2.05, 4.69) is 9.97 Å². The van der Waals surface area contributed by atoms with Crippen LogP contribution in [0, 0.1) is 19.7 Å². The van der Waals surface area contributed by atoms with Crippen molar-refractivity contribution in [3.63, 3.8) is 0 Å². The van der Waals surface area contributed by atoms with Crippen LogP contribution in [-0.4, -0.2) is 15.9 Å². The van der Waals surface area contributed by atoms with Gasteiger partial charge in [0.1, 0.15) is 10.6 Å². The Bertz CT molecular complexity index is 1040. The number of hydrogen-bond acceptors (Lipinski definition) is 5. The average molecular weight is 381 g/mol. The molecule has 2 heterocycles. The van der Waals surface area contributed by atoms with Crippen LogP contribution in [0.1, 0.15) is 39.7 Å². The molecule has 0 amide bonds. The number of rotatable bonds is 3. The van der Waals surface area contributed by atoms with E-state index in [0.717, 1.165) is 16.5 Å². The number of hydrogen-bond donors (Lipinski definition) is 1. The number of fused-ring (bicyclic) bond motifs is 1. The highest BCUT2D eigenvalue weighted by Crippen LogP contribution is 2.27. The third-order valence-electron chi connectivity index (χ3n) is 3.88. The van der Waals surface area contributed by atoms with Crippen molar-refractivity contribution < 1.29 is 13.9 Å². The second-order valence-corrected chi connectivity index (χ2v) is 7.23. The molecule has 3 rings (SSSR count). The highest BCUT2D eigenvalue weighted by Gasteiger charge is 2.21. The van der Waals surface area contributed by atoms with Crippen LogP contribution >= 0.6 is 22.9 Å². The molecule has 3 aromatic rings. The summed E-state index contributed by atoms with van der Waals surface area (Å²) >= 11 is 7.07. The van der Waals surface area contributed by atoms with Gasteiger partial charge in [-0.05, 0) is 44.5 Å². The van der Waals surface area contributed by atoms with Crippen molar-refractivity contribution in [3.05, 3.63) is 61.2 Å². The molecule has 0 unspecified atom stereocenters. The molecule has 25 heavy (non-hydrogen) atoms. The van der Waals surface area contributed by atoms with Gasteiger partial charge >= 0.3 is 5.97 Å². The Morgan fingerprint density at radius 1 is 1.40 bits per heavy atom. The SMILES string of the molecule is Cc1sc2nc([C@@H](C)OC(=O)c3ccc(Cl)cc3F)[nH]c(=O)c2c1C. The van der Waals surface area contributed by atoms with E-state index in [-0.39, 0.29) is 22.0 Å². The highest BCUT2D eigenvalue weighted by atomic mass is 35.5. The van der Waals surface area contributed by atoms with Gasteiger partial charge in [-0.15, -0.1) is 11.3 Å². The lowest BCUT2D eigenvalue weighted by Gasteiger charge is -2.13. The van der Waals surface area contributed by atoms with Gasteiger partial charge in [0.05, 0.1) is 10.9 Å². The van der Waals surface area contributed by atoms with E-state index >= 15 is 0 Å². The molecule has 0 fully saturated rings. The molecular weight excluding hydrogens is 367 g/mol. The minimum atomic E-state index is -0.858. The van der Waals surface area contributed by atoms with Crippen LogP contribution in [0.2, 0.25) is 5.02 Å². The van der Waals surface area contributed by atoms with E-state index in [1.54, 1.807) is 6.92 Å². The number of aromatic nitrogens is 2. The lowest BCUT2D eigenvalue weighted by atomic mass is 10.2. The molecule has 8 heteroatoms. The topological polar surface area (TPSA) is 72.0 Å². The van der Waals surface area contributed by atoms with Gasteiger partial charge in [-0.2, -0.15) is 0 Å². The van der Waals surface area contributed by atoms with Crippen LogP contribution in [0.4, 0.5) is 4.39 Å². The summed E-state index contributed by atoms with van der Waals surface area (Å²) in [6.45, 7) is 5.33. The molecule has 1 N–H and O–H groups in total. The zero-order valence-corrected chi connectivity index (χ0v) is 15.2.